The van der Waals surface area contributed by atoms with Crippen molar-refractivity contribution in [1.82, 2.24) is 10.6 Å². The summed E-state index contributed by atoms with van der Waals surface area (Å²) in [6.07, 6.45) is 2.39. The van der Waals surface area contributed by atoms with Crippen LogP contribution in [0.1, 0.15) is 78.0 Å². The van der Waals surface area contributed by atoms with Crippen molar-refractivity contribution in [1.29, 1.82) is 0 Å². The fraction of sp³-hybridized carbons (Fsp3) is 0.636. The SMILES string of the molecule is CC(C)CC(=O)NC(C(=O)NC1CCC(C)(C)c2ccccc21)C(C)C. The Morgan fingerprint density at radius 1 is 1.15 bits per heavy atom. The molecule has 0 saturated heterocycles. The minimum absolute atomic E-state index is 0.00924. The van der Waals surface area contributed by atoms with E-state index in [0.29, 0.717) is 6.42 Å². The van der Waals surface area contributed by atoms with Crippen LogP contribution in [0.4, 0.5) is 0 Å². The standard InChI is InChI=1S/C22H34N2O2/c1-14(2)13-19(25)24-20(15(3)4)21(26)23-18-11-12-22(5,6)17-10-8-7-9-16(17)18/h7-10,14-15,18,20H,11-13H2,1-6H3,(H,23,26)(H,24,25). The maximum Gasteiger partial charge on any atom is 0.243 e. The predicted molar refractivity (Wildman–Crippen MR) is 106 cm³/mol. The van der Waals surface area contributed by atoms with E-state index >= 15 is 0 Å². The summed E-state index contributed by atoms with van der Waals surface area (Å²) in [7, 11) is 0. The average Bonchev–Trinajstić information content (AvgIpc) is 2.54. The summed E-state index contributed by atoms with van der Waals surface area (Å²) in [6.45, 7) is 12.5. The molecule has 2 rings (SSSR count). The van der Waals surface area contributed by atoms with Gasteiger partial charge < -0.3 is 10.6 Å². The van der Waals surface area contributed by atoms with Gasteiger partial charge >= 0.3 is 0 Å². The highest BCUT2D eigenvalue weighted by Gasteiger charge is 2.34. The molecule has 0 heterocycles. The van der Waals surface area contributed by atoms with Crippen LogP contribution in [-0.4, -0.2) is 17.9 Å². The maximum absolute atomic E-state index is 12.9. The van der Waals surface area contributed by atoms with Crippen LogP contribution in [0.25, 0.3) is 0 Å². The Morgan fingerprint density at radius 3 is 2.42 bits per heavy atom. The molecule has 0 spiro atoms. The monoisotopic (exact) mass is 358 g/mol. The summed E-state index contributed by atoms with van der Waals surface area (Å²) in [5, 5.41) is 6.13. The van der Waals surface area contributed by atoms with E-state index < -0.39 is 6.04 Å². The molecule has 0 fully saturated rings. The van der Waals surface area contributed by atoms with Crippen LogP contribution in [-0.2, 0) is 15.0 Å². The van der Waals surface area contributed by atoms with E-state index in [1.807, 2.05) is 33.8 Å². The number of carbonyl (C=O) groups excluding carboxylic acids is 2. The lowest BCUT2D eigenvalue weighted by Gasteiger charge is -2.38. The summed E-state index contributed by atoms with van der Waals surface area (Å²) < 4.78 is 0. The number of hydrogen-bond donors (Lipinski definition) is 2. The molecule has 0 bridgehead atoms. The Kier molecular flexibility index (Phi) is 6.48. The van der Waals surface area contributed by atoms with E-state index in [2.05, 4.69) is 42.7 Å². The van der Waals surface area contributed by atoms with Gasteiger partial charge in [-0.15, -0.1) is 0 Å². The van der Waals surface area contributed by atoms with Gasteiger partial charge in [0.2, 0.25) is 11.8 Å². The Morgan fingerprint density at radius 2 is 1.81 bits per heavy atom. The van der Waals surface area contributed by atoms with Crippen LogP contribution in [0.2, 0.25) is 0 Å². The van der Waals surface area contributed by atoms with Crippen molar-refractivity contribution < 1.29 is 9.59 Å². The molecule has 0 aromatic heterocycles. The Labute approximate surface area is 158 Å². The number of fused-ring (bicyclic) bond motifs is 1. The van der Waals surface area contributed by atoms with E-state index in [9.17, 15) is 9.59 Å². The van der Waals surface area contributed by atoms with Gasteiger partial charge in [0, 0.05) is 6.42 Å². The van der Waals surface area contributed by atoms with Crippen molar-refractivity contribution in [2.24, 2.45) is 11.8 Å². The second kappa shape index (κ2) is 8.24. The third-order valence-electron chi connectivity index (χ3n) is 5.30. The minimum Gasteiger partial charge on any atom is -0.347 e. The van der Waals surface area contributed by atoms with Crippen LogP contribution in [0.5, 0.6) is 0 Å². The summed E-state index contributed by atoms with van der Waals surface area (Å²) in [5.74, 6) is 0.176. The van der Waals surface area contributed by atoms with Gasteiger partial charge in [-0.05, 0) is 41.2 Å². The lowest BCUT2D eigenvalue weighted by atomic mass is 9.71. The third kappa shape index (κ3) is 4.87. The second-order valence-corrected chi connectivity index (χ2v) is 8.96. The second-order valence-electron chi connectivity index (χ2n) is 8.96. The molecule has 2 unspecified atom stereocenters. The zero-order chi connectivity index (χ0) is 19.5. The molecule has 0 saturated carbocycles. The number of carbonyl (C=O) groups is 2. The van der Waals surface area contributed by atoms with Gasteiger partial charge in [-0.25, -0.2) is 0 Å². The van der Waals surface area contributed by atoms with Crippen LogP contribution in [0.3, 0.4) is 0 Å². The molecule has 1 aliphatic rings. The van der Waals surface area contributed by atoms with Gasteiger partial charge in [-0.2, -0.15) is 0 Å². The summed E-state index contributed by atoms with van der Waals surface area (Å²) in [4.78, 5) is 25.1. The number of rotatable bonds is 6. The molecule has 1 aromatic carbocycles. The molecule has 1 aromatic rings. The summed E-state index contributed by atoms with van der Waals surface area (Å²) >= 11 is 0. The highest BCUT2D eigenvalue weighted by Crippen LogP contribution is 2.41. The molecule has 2 atom stereocenters. The average molecular weight is 359 g/mol. The molecule has 4 heteroatoms. The van der Waals surface area contributed by atoms with Crippen molar-refractivity contribution in [3.8, 4) is 0 Å². The Balaban J connectivity index is 2.13. The molecular formula is C22H34N2O2. The normalized spacial score (nSPS) is 19.8. The van der Waals surface area contributed by atoms with Crippen molar-refractivity contribution in [3.63, 3.8) is 0 Å². The predicted octanol–water partition coefficient (Wildman–Crippen LogP) is 4.10. The van der Waals surface area contributed by atoms with E-state index in [4.69, 9.17) is 0 Å². The molecule has 144 valence electrons. The summed E-state index contributed by atoms with van der Waals surface area (Å²) in [5.41, 5.74) is 2.63. The van der Waals surface area contributed by atoms with Crippen LogP contribution >= 0.6 is 0 Å². The lowest BCUT2D eigenvalue weighted by molar-refractivity contribution is -0.131. The smallest absolute Gasteiger partial charge is 0.243 e. The molecule has 0 radical (unpaired) electrons. The van der Waals surface area contributed by atoms with E-state index in [1.165, 1.54) is 11.1 Å². The van der Waals surface area contributed by atoms with Crippen molar-refractivity contribution in [2.45, 2.75) is 78.3 Å². The van der Waals surface area contributed by atoms with Gasteiger partial charge in [-0.1, -0.05) is 65.8 Å². The zero-order valence-corrected chi connectivity index (χ0v) is 17.1. The molecule has 4 nitrogen and oxygen atoms in total. The highest BCUT2D eigenvalue weighted by atomic mass is 16.2. The van der Waals surface area contributed by atoms with Gasteiger partial charge in [0.1, 0.15) is 6.04 Å². The van der Waals surface area contributed by atoms with E-state index in [0.717, 1.165) is 12.8 Å². The number of hydrogen-bond acceptors (Lipinski definition) is 2. The Bertz CT molecular complexity index is 649. The van der Waals surface area contributed by atoms with Crippen LogP contribution < -0.4 is 10.6 Å². The summed E-state index contributed by atoms with van der Waals surface area (Å²) in [6, 6.07) is 7.89. The Hall–Kier alpha value is -1.84. The third-order valence-corrected chi connectivity index (χ3v) is 5.30. The zero-order valence-electron chi connectivity index (χ0n) is 17.1. The molecule has 2 amide bonds. The van der Waals surface area contributed by atoms with Crippen molar-refractivity contribution in [2.75, 3.05) is 0 Å². The molecule has 1 aliphatic carbocycles. The largest absolute Gasteiger partial charge is 0.347 e. The number of benzene rings is 1. The first kappa shape index (κ1) is 20.5. The van der Waals surface area contributed by atoms with Crippen molar-refractivity contribution >= 4 is 11.8 Å². The van der Waals surface area contributed by atoms with Gasteiger partial charge in [0.05, 0.1) is 6.04 Å². The highest BCUT2D eigenvalue weighted by molar-refractivity contribution is 5.88. The quantitative estimate of drug-likeness (QED) is 0.804. The first-order valence-corrected chi connectivity index (χ1v) is 9.81. The maximum atomic E-state index is 12.9. The molecule has 26 heavy (non-hydrogen) atoms. The number of nitrogens with one attached hydrogen (secondary N) is 2. The lowest BCUT2D eigenvalue weighted by Crippen LogP contribution is -2.51. The van der Waals surface area contributed by atoms with Gasteiger partial charge in [0.15, 0.2) is 0 Å². The van der Waals surface area contributed by atoms with Crippen molar-refractivity contribution in [3.05, 3.63) is 35.4 Å². The first-order valence-electron chi connectivity index (χ1n) is 9.81. The van der Waals surface area contributed by atoms with Gasteiger partial charge in [-0.3, -0.25) is 9.59 Å². The topological polar surface area (TPSA) is 58.2 Å². The van der Waals surface area contributed by atoms with Gasteiger partial charge in [0.25, 0.3) is 0 Å². The molecular weight excluding hydrogens is 324 g/mol. The van der Waals surface area contributed by atoms with E-state index in [1.54, 1.807) is 0 Å². The fourth-order valence-electron chi connectivity index (χ4n) is 3.76. The first-order chi connectivity index (χ1) is 12.1. The fourth-order valence-corrected chi connectivity index (χ4v) is 3.76. The van der Waals surface area contributed by atoms with Crippen LogP contribution in [0, 0.1) is 11.8 Å². The molecule has 2 N–H and O–H groups in total. The van der Waals surface area contributed by atoms with Crippen LogP contribution in [0.15, 0.2) is 24.3 Å². The minimum atomic E-state index is -0.497. The molecule has 0 aliphatic heterocycles. The number of amides is 2. The van der Waals surface area contributed by atoms with E-state index in [-0.39, 0.29) is 35.1 Å².